The maximum absolute atomic E-state index is 5.35. The fourth-order valence-corrected chi connectivity index (χ4v) is 2.73. The van der Waals surface area contributed by atoms with E-state index in [0.29, 0.717) is 6.54 Å². The monoisotopic (exact) mass is 370 g/mol. The number of guanidine groups is 1. The van der Waals surface area contributed by atoms with E-state index < -0.39 is 0 Å². The number of nitrogens with one attached hydrogen (secondary N) is 2. The largest absolute Gasteiger partial charge is 0.493 e. The Balaban J connectivity index is 1.74. The normalized spacial score (nSPS) is 11.0. The van der Waals surface area contributed by atoms with E-state index in [-0.39, 0.29) is 0 Å². The molecule has 2 N–H and O–H groups in total. The van der Waals surface area contributed by atoms with Crippen LogP contribution in [0.5, 0.6) is 11.5 Å². The number of rotatable bonds is 9. The van der Waals surface area contributed by atoms with Crippen molar-refractivity contribution < 1.29 is 9.47 Å². The van der Waals surface area contributed by atoms with Crippen molar-refractivity contribution in [3.8, 4) is 11.5 Å². The molecule has 6 nitrogen and oxygen atoms in total. The number of para-hydroxylation sites is 1. The quantitative estimate of drug-likeness (QED) is 0.404. The van der Waals surface area contributed by atoms with Crippen LogP contribution in [0, 0.1) is 0 Å². The highest BCUT2D eigenvalue weighted by atomic mass is 16.5. The molecule has 6 heteroatoms. The molecule has 0 saturated carbocycles. The van der Waals surface area contributed by atoms with Crippen molar-refractivity contribution in [2.45, 2.75) is 13.0 Å². The molecule has 0 atom stereocenters. The fraction of sp³-hybridized carbons (Fsp3) is 0.381. The third-order valence-corrected chi connectivity index (χ3v) is 4.29. The molecule has 0 unspecified atom stereocenters. The van der Waals surface area contributed by atoms with Crippen LogP contribution in [0.15, 0.2) is 53.5 Å². The van der Waals surface area contributed by atoms with E-state index in [0.717, 1.165) is 42.5 Å². The lowest BCUT2D eigenvalue weighted by Gasteiger charge is -2.19. The van der Waals surface area contributed by atoms with E-state index in [4.69, 9.17) is 9.47 Å². The van der Waals surface area contributed by atoms with E-state index in [1.54, 1.807) is 21.3 Å². The summed E-state index contributed by atoms with van der Waals surface area (Å²) in [6.07, 6.45) is 1.02. The summed E-state index contributed by atoms with van der Waals surface area (Å²) < 4.78 is 10.6. The summed E-state index contributed by atoms with van der Waals surface area (Å²) in [6, 6.07) is 16.3. The number of anilines is 1. The molecule has 2 aromatic rings. The summed E-state index contributed by atoms with van der Waals surface area (Å²) in [4.78, 5) is 6.53. The minimum atomic E-state index is 0.657. The molecule has 0 aromatic heterocycles. The Morgan fingerprint density at radius 2 is 1.74 bits per heavy atom. The van der Waals surface area contributed by atoms with Gasteiger partial charge in [0, 0.05) is 39.4 Å². The van der Waals surface area contributed by atoms with Gasteiger partial charge in [-0.2, -0.15) is 0 Å². The molecule has 0 aliphatic heterocycles. The maximum atomic E-state index is 5.35. The molecule has 0 spiro atoms. The minimum Gasteiger partial charge on any atom is -0.493 e. The smallest absolute Gasteiger partial charge is 0.191 e. The summed E-state index contributed by atoms with van der Waals surface area (Å²) in [5, 5.41) is 6.68. The van der Waals surface area contributed by atoms with Gasteiger partial charge in [-0.05, 0) is 36.2 Å². The Bertz CT molecular complexity index is 719. The molecule has 0 bridgehead atoms. The average molecular weight is 370 g/mol. The number of nitrogens with zero attached hydrogens (tertiary/aromatic N) is 2. The molecule has 0 heterocycles. The van der Waals surface area contributed by atoms with Crippen LogP contribution in [0.2, 0.25) is 0 Å². The first kappa shape index (κ1) is 20.4. The summed E-state index contributed by atoms with van der Waals surface area (Å²) >= 11 is 0. The van der Waals surface area contributed by atoms with Gasteiger partial charge in [-0.3, -0.25) is 4.99 Å². The molecular weight excluding hydrogens is 340 g/mol. The Labute approximate surface area is 162 Å². The Hall–Kier alpha value is -2.89. The topological polar surface area (TPSA) is 58.1 Å². The zero-order chi connectivity index (χ0) is 19.5. The van der Waals surface area contributed by atoms with E-state index >= 15 is 0 Å². The highest BCUT2D eigenvalue weighted by molar-refractivity contribution is 5.79. The molecule has 2 aromatic carbocycles. The molecule has 0 fully saturated rings. The third-order valence-electron chi connectivity index (χ3n) is 4.29. The first-order chi connectivity index (χ1) is 13.2. The van der Waals surface area contributed by atoms with E-state index in [1.165, 1.54) is 5.69 Å². The second-order valence-corrected chi connectivity index (χ2v) is 6.15. The first-order valence-electron chi connectivity index (χ1n) is 9.09. The van der Waals surface area contributed by atoms with Crippen molar-refractivity contribution in [1.82, 2.24) is 10.6 Å². The molecule has 0 aliphatic rings. The Morgan fingerprint density at radius 1 is 1.00 bits per heavy atom. The van der Waals surface area contributed by atoms with Crippen LogP contribution >= 0.6 is 0 Å². The van der Waals surface area contributed by atoms with Crippen molar-refractivity contribution in [3.05, 3.63) is 54.1 Å². The van der Waals surface area contributed by atoms with Gasteiger partial charge in [0.05, 0.1) is 14.2 Å². The van der Waals surface area contributed by atoms with Crippen LogP contribution in [0.25, 0.3) is 0 Å². The summed E-state index contributed by atoms with van der Waals surface area (Å²) in [5.74, 6) is 2.24. The lowest BCUT2D eigenvalue weighted by molar-refractivity contribution is 0.354. The van der Waals surface area contributed by atoms with Gasteiger partial charge < -0.3 is 25.0 Å². The SMILES string of the molecule is CN=C(NCCCN(C)c1ccccc1)NCc1ccc(OC)c(OC)c1. The van der Waals surface area contributed by atoms with Gasteiger partial charge in [0.2, 0.25) is 0 Å². The van der Waals surface area contributed by atoms with Gasteiger partial charge in [-0.25, -0.2) is 0 Å². The van der Waals surface area contributed by atoms with Gasteiger partial charge in [0.15, 0.2) is 17.5 Å². The molecule has 0 saturated heterocycles. The van der Waals surface area contributed by atoms with Gasteiger partial charge >= 0.3 is 0 Å². The number of aliphatic imine (C=N–C) groups is 1. The molecule has 2 rings (SSSR count). The van der Waals surface area contributed by atoms with E-state index in [2.05, 4.69) is 51.8 Å². The zero-order valence-corrected chi connectivity index (χ0v) is 16.7. The molecular formula is C21H30N4O2. The predicted octanol–water partition coefficient (Wildman–Crippen LogP) is 2.90. The number of hydrogen-bond donors (Lipinski definition) is 2. The number of hydrogen-bond acceptors (Lipinski definition) is 4. The Kier molecular flexibility index (Phi) is 8.29. The third kappa shape index (κ3) is 6.40. The van der Waals surface area contributed by atoms with Crippen LogP contribution in [-0.4, -0.2) is 47.4 Å². The lowest BCUT2D eigenvalue weighted by Crippen LogP contribution is -2.38. The van der Waals surface area contributed by atoms with Crippen molar-refractivity contribution in [3.63, 3.8) is 0 Å². The number of benzene rings is 2. The van der Waals surface area contributed by atoms with Crippen LogP contribution in [0.1, 0.15) is 12.0 Å². The molecule has 27 heavy (non-hydrogen) atoms. The van der Waals surface area contributed by atoms with Crippen molar-refractivity contribution in [2.24, 2.45) is 4.99 Å². The Morgan fingerprint density at radius 3 is 2.41 bits per heavy atom. The summed E-state index contributed by atoms with van der Waals surface area (Å²) in [5.41, 5.74) is 2.33. The number of methoxy groups -OCH3 is 2. The van der Waals surface area contributed by atoms with Crippen molar-refractivity contribution >= 4 is 11.6 Å². The van der Waals surface area contributed by atoms with Crippen LogP contribution in [0.3, 0.4) is 0 Å². The highest BCUT2D eigenvalue weighted by Gasteiger charge is 2.05. The number of ether oxygens (including phenoxy) is 2. The fourth-order valence-electron chi connectivity index (χ4n) is 2.73. The van der Waals surface area contributed by atoms with Crippen molar-refractivity contribution in [2.75, 3.05) is 46.3 Å². The lowest BCUT2D eigenvalue weighted by atomic mass is 10.2. The molecule has 0 aliphatic carbocycles. The minimum absolute atomic E-state index is 0.657. The summed E-state index contributed by atoms with van der Waals surface area (Å²) in [7, 11) is 7.16. The van der Waals surface area contributed by atoms with E-state index in [1.807, 2.05) is 24.3 Å². The second-order valence-electron chi connectivity index (χ2n) is 6.15. The average Bonchev–Trinajstić information content (AvgIpc) is 2.73. The van der Waals surface area contributed by atoms with Crippen molar-refractivity contribution in [1.29, 1.82) is 0 Å². The van der Waals surface area contributed by atoms with Crippen LogP contribution < -0.4 is 25.0 Å². The van der Waals surface area contributed by atoms with Crippen LogP contribution in [-0.2, 0) is 6.54 Å². The summed E-state index contributed by atoms with van der Waals surface area (Å²) in [6.45, 7) is 2.48. The first-order valence-corrected chi connectivity index (χ1v) is 9.09. The zero-order valence-electron chi connectivity index (χ0n) is 16.7. The molecule has 0 radical (unpaired) electrons. The molecule has 146 valence electrons. The second kappa shape index (κ2) is 11.0. The molecule has 0 amide bonds. The van der Waals surface area contributed by atoms with Gasteiger partial charge in [0.25, 0.3) is 0 Å². The van der Waals surface area contributed by atoms with Gasteiger partial charge in [-0.15, -0.1) is 0 Å². The van der Waals surface area contributed by atoms with Gasteiger partial charge in [-0.1, -0.05) is 24.3 Å². The highest BCUT2D eigenvalue weighted by Crippen LogP contribution is 2.27. The van der Waals surface area contributed by atoms with Crippen LogP contribution in [0.4, 0.5) is 5.69 Å². The standard InChI is InChI=1S/C21H30N4O2/c1-22-21(23-13-8-14-25(2)18-9-6-5-7-10-18)24-16-17-11-12-19(26-3)20(15-17)27-4/h5-7,9-12,15H,8,13-14,16H2,1-4H3,(H2,22,23,24). The van der Waals surface area contributed by atoms with Gasteiger partial charge in [0.1, 0.15) is 0 Å². The maximum Gasteiger partial charge on any atom is 0.191 e. The predicted molar refractivity (Wildman–Crippen MR) is 112 cm³/mol. The van der Waals surface area contributed by atoms with E-state index in [9.17, 15) is 0 Å².